The number of hydrogen-bond acceptors (Lipinski definition) is 3. The molecule has 2 atom stereocenters. The van der Waals surface area contributed by atoms with Crippen LogP contribution in [0.5, 0.6) is 0 Å². The molecule has 0 fully saturated rings. The van der Waals surface area contributed by atoms with E-state index in [1.54, 1.807) is 12.4 Å². The first-order valence-electron chi connectivity index (χ1n) is 7.73. The first-order chi connectivity index (χ1) is 10.7. The van der Waals surface area contributed by atoms with Gasteiger partial charge in [0.25, 0.3) is 0 Å². The first kappa shape index (κ1) is 16.4. The lowest BCUT2D eigenvalue weighted by molar-refractivity contribution is 0.159. The van der Waals surface area contributed by atoms with Gasteiger partial charge in [0.15, 0.2) is 0 Å². The molecule has 2 aromatic rings. The molecule has 0 spiro atoms. The summed E-state index contributed by atoms with van der Waals surface area (Å²) in [6.07, 6.45) is 6.72. The predicted octanol–water partition coefficient (Wildman–Crippen LogP) is 3.73. The van der Waals surface area contributed by atoms with Crippen LogP contribution in [0.3, 0.4) is 0 Å². The van der Waals surface area contributed by atoms with E-state index in [9.17, 15) is 5.11 Å². The van der Waals surface area contributed by atoms with Crippen molar-refractivity contribution in [1.29, 1.82) is 0 Å². The number of hydrogen-bond donors (Lipinski definition) is 2. The van der Waals surface area contributed by atoms with Gasteiger partial charge in [-0.2, -0.15) is 0 Å². The number of benzene rings is 1. The highest BCUT2D eigenvalue weighted by molar-refractivity contribution is 5.62. The number of aliphatic hydroxyl groups excluding tert-OH is 1. The zero-order valence-corrected chi connectivity index (χ0v) is 13.1. The normalized spacial score (nSPS) is 13.5. The number of nitrogens with zero attached hydrogens (tertiary/aromatic N) is 1. The second-order valence-electron chi connectivity index (χ2n) is 5.51. The van der Waals surface area contributed by atoms with Crippen molar-refractivity contribution in [3.05, 3.63) is 67.0 Å². The molecule has 22 heavy (non-hydrogen) atoms. The maximum Gasteiger partial charge on any atom is 0.0667 e. The van der Waals surface area contributed by atoms with Gasteiger partial charge in [0.2, 0.25) is 0 Å². The largest absolute Gasteiger partial charge is 0.392 e. The van der Waals surface area contributed by atoms with E-state index in [0.29, 0.717) is 6.54 Å². The molecule has 0 saturated carbocycles. The Kier molecular flexibility index (Phi) is 6.31. The lowest BCUT2D eigenvalue weighted by Crippen LogP contribution is -2.28. The molecule has 1 heterocycles. The molecule has 0 aliphatic rings. The van der Waals surface area contributed by atoms with E-state index in [2.05, 4.69) is 48.1 Å². The van der Waals surface area contributed by atoms with Gasteiger partial charge in [0.05, 0.1) is 6.10 Å². The fourth-order valence-corrected chi connectivity index (χ4v) is 2.35. The molecule has 0 amide bonds. The minimum Gasteiger partial charge on any atom is -0.392 e. The van der Waals surface area contributed by atoms with Crippen molar-refractivity contribution in [3.63, 3.8) is 0 Å². The van der Waals surface area contributed by atoms with Crippen LogP contribution in [0.25, 0.3) is 11.1 Å². The SMILES string of the molecule is C=CCCC(O)CNC(C)c1ccc(-c2ccncc2)cc1. The van der Waals surface area contributed by atoms with Crippen LogP contribution >= 0.6 is 0 Å². The number of nitrogens with one attached hydrogen (secondary N) is 1. The number of pyridine rings is 1. The third-order valence-electron chi connectivity index (χ3n) is 3.79. The highest BCUT2D eigenvalue weighted by Gasteiger charge is 2.08. The highest BCUT2D eigenvalue weighted by Crippen LogP contribution is 2.21. The van der Waals surface area contributed by atoms with Crippen molar-refractivity contribution in [1.82, 2.24) is 10.3 Å². The van der Waals surface area contributed by atoms with Gasteiger partial charge in [-0.25, -0.2) is 0 Å². The summed E-state index contributed by atoms with van der Waals surface area (Å²) in [7, 11) is 0. The van der Waals surface area contributed by atoms with Gasteiger partial charge < -0.3 is 10.4 Å². The van der Waals surface area contributed by atoms with Crippen LogP contribution in [0.4, 0.5) is 0 Å². The highest BCUT2D eigenvalue weighted by atomic mass is 16.3. The van der Waals surface area contributed by atoms with Gasteiger partial charge in [0.1, 0.15) is 0 Å². The van der Waals surface area contributed by atoms with Crippen molar-refractivity contribution in [2.75, 3.05) is 6.54 Å². The Morgan fingerprint density at radius 1 is 1.14 bits per heavy atom. The molecule has 0 aliphatic carbocycles. The summed E-state index contributed by atoms with van der Waals surface area (Å²) in [5, 5.41) is 13.2. The van der Waals surface area contributed by atoms with Crippen LogP contribution in [0, 0.1) is 0 Å². The Balaban J connectivity index is 1.91. The number of aromatic nitrogens is 1. The average Bonchev–Trinajstić information content (AvgIpc) is 2.58. The van der Waals surface area contributed by atoms with Crippen molar-refractivity contribution < 1.29 is 5.11 Å². The molecule has 1 aromatic carbocycles. The Morgan fingerprint density at radius 3 is 2.41 bits per heavy atom. The standard InChI is InChI=1S/C19H24N2O/c1-3-4-5-19(22)14-21-15(2)16-6-8-17(9-7-16)18-10-12-20-13-11-18/h3,6-13,15,19,21-22H,1,4-5,14H2,2H3. The quantitative estimate of drug-likeness (QED) is 0.730. The van der Waals surface area contributed by atoms with Crippen LogP contribution in [0.1, 0.15) is 31.4 Å². The second kappa shape index (κ2) is 8.47. The van der Waals surface area contributed by atoms with Gasteiger partial charge >= 0.3 is 0 Å². The first-order valence-corrected chi connectivity index (χ1v) is 7.73. The van der Waals surface area contributed by atoms with Crippen molar-refractivity contribution in [2.24, 2.45) is 0 Å². The average molecular weight is 296 g/mol. The lowest BCUT2D eigenvalue weighted by Gasteiger charge is -2.17. The number of aliphatic hydroxyl groups is 1. The smallest absolute Gasteiger partial charge is 0.0667 e. The van der Waals surface area contributed by atoms with Crippen molar-refractivity contribution in [2.45, 2.75) is 31.9 Å². The molecule has 0 radical (unpaired) electrons. The van der Waals surface area contributed by atoms with Crippen LogP contribution < -0.4 is 5.32 Å². The lowest BCUT2D eigenvalue weighted by atomic mass is 10.0. The van der Waals surface area contributed by atoms with E-state index in [4.69, 9.17) is 0 Å². The topological polar surface area (TPSA) is 45.1 Å². The summed E-state index contributed by atoms with van der Waals surface area (Å²) in [5.41, 5.74) is 3.57. The third-order valence-corrected chi connectivity index (χ3v) is 3.79. The van der Waals surface area contributed by atoms with Gasteiger partial charge in [-0.15, -0.1) is 6.58 Å². The van der Waals surface area contributed by atoms with Gasteiger partial charge in [-0.1, -0.05) is 30.3 Å². The van der Waals surface area contributed by atoms with E-state index < -0.39 is 0 Å². The van der Waals surface area contributed by atoms with Crippen molar-refractivity contribution in [3.8, 4) is 11.1 Å². The van der Waals surface area contributed by atoms with Crippen LogP contribution in [0.15, 0.2) is 61.4 Å². The number of rotatable bonds is 8. The molecule has 2 N–H and O–H groups in total. The molecular formula is C19H24N2O. The van der Waals surface area contributed by atoms with Gasteiger partial charge in [-0.3, -0.25) is 4.98 Å². The summed E-state index contributed by atoms with van der Waals surface area (Å²) in [4.78, 5) is 4.04. The summed E-state index contributed by atoms with van der Waals surface area (Å²) in [6.45, 7) is 6.38. The molecule has 116 valence electrons. The van der Waals surface area contributed by atoms with E-state index >= 15 is 0 Å². The van der Waals surface area contributed by atoms with Crippen LogP contribution in [-0.4, -0.2) is 22.7 Å². The van der Waals surface area contributed by atoms with Gasteiger partial charge in [-0.05, 0) is 48.6 Å². The molecule has 0 aliphatic heterocycles. The minimum atomic E-state index is -0.323. The van der Waals surface area contributed by atoms with Crippen molar-refractivity contribution >= 4 is 0 Å². The Hall–Kier alpha value is -1.97. The summed E-state index contributed by atoms with van der Waals surface area (Å²) >= 11 is 0. The monoisotopic (exact) mass is 296 g/mol. The van der Waals surface area contributed by atoms with E-state index in [0.717, 1.165) is 12.8 Å². The zero-order valence-electron chi connectivity index (χ0n) is 13.1. The fourth-order valence-electron chi connectivity index (χ4n) is 2.35. The molecule has 3 nitrogen and oxygen atoms in total. The molecule has 2 rings (SSSR count). The Morgan fingerprint density at radius 2 is 1.77 bits per heavy atom. The molecular weight excluding hydrogens is 272 g/mol. The maximum atomic E-state index is 9.85. The zero-order chi connectivity index (χ0) is 15.8. The fraction of sp³-hybridized carbons (Fsp3) is 0.316. The summed E-state index contributed by atoms with van der Waals surface area (Å²) in [6, 6.07) is 12.7. The van der Waals surface area contributed by atoms with E-state index in [1.807, 2.05) is 18.2 Å². The minimum absolute atomic E-state index is 0.213. The Labute approximate surface area is 132 Å². The summed E-state index contributed by atoms with van der Waals surface area (Å²) in [5.74, 6) is 0. The molecule has 3 heteroatoms. The predicted molar refractivity (Wildman–Crippen MR) is 91.5 cm³/mol. The molecule has 1 aromatic heterocycles. The maximum absolute atomic E-state index is 9.85. The number of allylic oxidation sites excluding steroid dienone is 1. The van der Waals surface area contributed by atoms with Crippen LogP contribution in [0.2, 0.25) is 0 Å². The van der Waals surface area contributed by atoms with Gasteiger partial charge in [0, 0.05) is 25.0 Å². The van der Waals surface area contributed by atoms with E-state index in [1.165, 1.54) is 16.7 Å². The van der Waals surface area contributed by atoms with E-state index in [-0.39, 0.29) is 12.1 Å². The molecule has 0 saturated heterocycles. The third kappa shape index (κ3) is 4.79. The molecule has 0 bridgehead atoms. The molecule has 2 unspecified atom stereocenters. The van der Waals surface area contributed by atoms with Crippen LogP contribution in [-0.2, 0) is 0 Å². The summed E-state index contributed by atoms with van der Waals surface area (Å²) < 4.78 is 0. The second-order valence-corrected chi connectivity index (χ2v) is 5.51. The Bertz CT molecular complexity index is 566.